The Kier molecular flexibility index (Phi) is 3.80. The Morgan fingerprint density at radius 2 is 2.11 bits per heavy atom. The first-order valence-corrected chi connectivity index (χ1v) is 7.93. The number of fused-ring (bicyclic) bond motifs is 1. The van der Waals surface area contributed by atoms with E-state index in [1.807, 2.05) is 11.8 Å². The van der Waals surface area contributed by atoms with Crippen LogP contribution >= 0.6 is 11.8 Å². The van der Waals surface area contributed by atoms with Crippen molar-refractivity contribution in [2.24, 2.45) is 0 Å². The topological polar surface area (TPSA) is 40.5 Å². The summed E-state index contributed by atoms with van der Waals surface area (Å²) in [5.74, 6) is 0.446. The summed E-state index contributed by atoms with van der Waals surface area (Å²) in [6.07, 6.45) is 3.84. The molecule has 1 aliphatic carbocycles. The lowest BCUT2D eigenvalue weighted by atomic mass is 10.0. The molecular weight excluding hydrogens is 258 g/mol. The van der Waals surface area contributed by atoms with Crippen molar-refractivity contribution in [3.8, 4) is 0 Å². The zero-order chi connectivity index (χ0) is 13.2. The van der Waals surface area contributed by atoms with E-state index in [-0.39, 0.29) is 6.42 Å². The molecule has 3 rings (SSSR count). The fraction of sp³-hybridized carbons (Fsp3) is 0.533. The maximum Gasteiger partial charge on any atom is 0.304 e. The van der Waals surface area contributed by atoms with Crippen LogP contribution in [0, 0.1) is 0 Å². The van der Waals surface area contributed by atoms with Gasteiger partial charge in [0.2, 0.25) is 0 Å². The number of carboxylic acid groups (broad SMARTS) is 1. The summed E-state index contributed by atoms with van der Waals surface area (Å²) >= 11 is 1.92. The average molecular weight is 277 g/mol. The van der Waals surface area contributed by atoms with Gasteiger partial charge in [-0.25, -0.2) is 0 Å². The van der Waals surface area contributed by atoms with E-state index in [2.05, 4.69) is 29.2 Å². The van der Waals surface area contributed by atoms with Crippen LogP contribution in [0.15, 0.2) is 29.2 Å². The Labute approximate surface area is 118 Å². The van der Waals surface area contributed by atoms with E-state index in [1.54, 1.807) is 0 Å². The van der Waals surface area contributed by atoms with Gasteiger partial charge in [-0.05, 0) is 36.6 Å². The van der Waals surface area contributed by atoms with Gasteiger partial charge in [0.25, 0.3) is 0 Å². The highest BCUT2D eigenvalue weighted by molar-refractivity contribution is 7.99. The molecule has 1 heterocycles. The molecule has 0 bridgehead atoms. The predicted octanol–water partition coefficient (Wildman–Crippen LogP) is 3.16. The van der Waals surface area contributed by atoms with Crippen molar-refractivity contribution < 1.29 is 9.90 Å². The number of carboxylic acids is 1. The van der Waals surface area contributed by atoms with Crippen LogP contribution in [-0.2, 0) is 4.79 Å². The normalized spacial score (nSPS) is 22.3. The van der Waals surface area contributed by atoms with E-state index < -0.39 is 5.97 Å². The molecule has 19 heavy (non-hydrogen) atoms. The van der Waals surface area contributed by atoms with Crippen molar-refractivity contribution >= 4 is 17.7 Å². The van der Waals surface area contributed by atoms with Crippen LogP contribution < -0.4 is 0 Å². The van der Waals surface area contributed by atoms with Gasteiger partial charge in [-0.3, -0.25) is 9.69 Å². The number of thioether (sulfide) groups is 1. The molecule has 4 heteroatoms. The Morgan fingerprint density at radius 3 is 2.84 bits per heavy atom. The van der Waals surface area contributed by atoms with Gasteiger partial charge >= 0.3 is 5.97 Å². The molecule has 0 radical (unpaired) electrons. The molecule has 2 aliphatic rings. The van der Waals surface area contributed by atoms with Gasteiger partial charge in [0.1, 0.15) is 0 Å². The third kappa shape index (κ3) is 2.95. The SMILES string of the molecule is O=C(O)CCN(C1CC1)C1CCSc2ccccc21. The van der Waals surface area contributed by atoms with Crippen molar-refractivity contribution in [3.05, 3.63) is 29.8 Å². The molecular formula is C15H19NO2S. The molecule has 3 nitrogen and oxygen atoms in total. The van der Waals surface area contributed by atoms with Crippen molar-refractivity contribution in [2.45, 2.75) is 42.7 Å². The van der Waals surface area contributed by atoms with Crippen molar-refractivity contribution in [1.29, 1.82) is 0 Å². The standard InChI is InChI=1S/C15H19NO2S/c17-15(18)7-9-16(11-5-6-11)13-8-10-19-14-4-2-1-3-12(13)14/h1-4,11,13H,5-10H2,(H,17,18). The smallest absolute Gasteiger partial charge is 0.304 e. The van der Waals surface area contributed by atoms with Crippen LogP contribution in [0.1, 0.15) is 37.3 Å². The molecule has 0 amide bonds. The Morgan fingerprint density at radius 1 is 1.32 bits per heavy atom. The third-order valence-corrected chi connectivity index (χ3v) is 5.05. The van der Waals surface area contributed by atoms with Gasteiger partial charge < -0.3 is 5.11 Å². The average Bonchev–Trinajstić information content (AvgIpc) is 3.23. The molecule has 1 N–H and O–H groups in total. The second-order valence-corrected chi connectivity index (χ2v) is 6.44. The second kappa shape index (κ2) is 5.55. The van der Waals surface area contributed by atoms with Crippen LogP contribution in [0.4, 0.5) is 0 Å². The first-order chi connectivity index (χ1) is 9.25. The molecule has 1 atom stereocenters. The molecule has 1 saturated carbocycles. The molecule has 0 saturated heterocycles. The number of nitrogens with zero attached hydrogens (tertiary/aromatic N) is 1. The highest BCUT2D eigenvalue weighted by atomic mass is 32.2. The Bertz CT molecular complexity index is 473. The van der Waals surface area contributed by atoms with Crippen LogP contribution in [0.25, 0.3) is 0 Å². The minimum Gasteiger partial charge on any atom is -0.481 e. The number of carbonyl (C=O) groups is 1. The van der Waals surface area contributed by atoms with E-state index in [4.69, 9.17) is 5.11 Å². The fourth-order valence-electron chi connectivity index (χ4n) is 2.89. The highest BCUT2D eigenvalue weighted by Gasteiger charge is 2.36. The van der Waals surface area contributed by atoms with Gasteiger partial charge in [-0.2, -0.15) is 0 Å². The van der Waals surface area contributed by atoms with Crippen LogP contribution in [0.5, 0.6) is 0 Å². The van der Waals surface area contributed by atoms with E-state index in [0.717, 1.165) is 12.2 Å². The van der Waals surface area contributed by atoms with Crippen LogP contribution in [0.3, 0.4) is 0 Å². The molecule has 1 aromatic carbocycles. The summed E-state index contributed by atoms with van der Waals surface area (Å²) in [6.45, 7) is 0.684. The van der Waals surface area contributed by atoms with E-state index in [0.29, 0.717) is 18.6 Å². The highest BCUT2D eigenvalue weighted by Crippen LogP contribution is 2.43. The largest absolute Gasteiger partial charge is 0.481 e. The van der Waals surface area contributed by atoms with Gasteiger partial charge in [0.05, 0.1) is 6.42 Å². The second-order valence-electron chi connectivity index (χ2n) is 5.30. The summed E-state index contributed by atoms with van der Waals surface area (Å²) in [4.78, 5) is 14.7. The lowest BCUT2D eigenvalue weighted by Crippen LogP contribution is -2.34. The first-order valence-electron chi connectivity index (χ1n) is 6.95. The van der Waals surface area contributed by atoms with E-state index in [9.17, 15) is 4.79 Å². The maximum absolute atomic E-state index is 10.8. The quantitative estimate of drug-likeness (QED) is 0.897. The van der Waals surface area contributed by atoms with Crippen molar-refractivity contribution in [3.63, 3.8) is 0 Å². The Hall–Kier alpha value is -1.00. The van der Waals surface area contributed by atoms with Crippen molar-refractivity contribution in [1.82, 2.24) is 4.90 Å². The fourth-order valence-corrected chi connectivity index (χ4v) is 4.00. The van der Waals surface area contributed by atoms with Crippen molar-refractivity contribution in [2.75, 3.05) is 12.3 Å². The monoisotopic (exact) mass is 277 g/mol. The molecule has 102 valence electrons. The van der Waals surface area contributed by atoms with Gasteiger partial charge in [-0.15, -0.1) is 11.8 Å². The number of aliphatic carboxylic acids is 1. The molecule has 1 unspecified atom stereocenters. The summed E-state index contributed by atoms with van der Waals surface area (Å²) in [5.41, 5.74) is 1.40. The Balaban J connectivity index is 1.81. The van der Waals surface area contributed by atoms with E-state index in [1.165, 1.54) is 23.3 Å². The van der Waals surface area contributed by atoms with Gasteiger partial charge in [0, 0.05) is 23.5 Å². The minimum absolute atomic E-state index is 0.252. The summed E-state index contributed by atoms with van der Waals surface area (Å²) in [5, 5.41) is 8.93. The summed E-state index contributed by atoms with van der Waals surface area (Å²) < 4.78 is 0. The zero-order valence-electron chi connectivity index (χ0n) is 10.9. The molecule has 1 fully saturated rings. The molecule has 0 aromatic heterocycles. The number of rotatable bonds is 5. The summed E-state index contributed by atoms with van der Waals surface area (Å²) in [7, 11) is 0. The van der Waals surface area contributed by atoms with Gasteiger partial charge in [-0.1, -0.05) is 18.2 Å². The first kappa shape index (κ1) is 13.0. The molecule has 0 spiro atoms. The number of hydrogen-bond donors (Lipinski definition) is 1. The number of hydrogen-bond acceptors (Lipinski definition) is 3. The molecule has 1 aromatic rings. The third-order valence-electron chi connectivity index (χ3n) is 3.93. The predicted molar refractivity (Wildman–Crippen MR) is 76.5 cm³/mol. The molecule has 1 aliphatic heterocycles. The maximum atomic E-state index is 10.8. The van der Waals surface area contributed by atoms with Crippen LogP contribution in [0.2, 0.25) is 0 Å². The zero-order valence-corrected chi connectivity index (χ0v) is 11.7. The summed E-state index contributed by atoms with van der Waals surface area (Å²) in [6, 6.07) is 9.62. The number of benzene rings is 1. The van der Waals surface area contributed by atoms with E-state index >= 15 is 0 Å². The minimum atomic E-state index is -0.691. The van der Waals surface area contributed by atoms with Crippen LogP contribution in [-0.4, -0.2) is 34.3 Å². The lowest BCUT2D eigenvalue weighted by molar-refractivity contribution is -0.137. The van der Waals surface area contributed by atoms with Gasteiger partial charge in [0.15, 0.2) is 0 Å². The lowest BCUT2D eigenvalue weighted by Gasteiger charge is -2.35.